The van der Waals surface area contributed by atoms with Gasteiger partial charge in [-0.25, -0.2) is 4.79 Å². The van der Waals surface area contributed by atoms with E-state index in [1.54, 1.807) is 12.1 Å². The first-order chi connectivity index (χ1) is 7.84. The summed E-state index contributed by atoms with van der Waals surface area (Å²) in [5.41, 5.74) is 0. The number of hydrogen-bond acceptors (Lipinski definition) is 3. The van der Waals surface area contributed by atoms with Crippen LogP contribution in [0.1, 0.15) is 0 Å². The van der Waals surface area contributed by atoms with Gasteiger partial charge in [0.05, 0.1) is 0 Å². The first-order valence-corrected chi connectivity index (χ1v) is 5.59. The van der Waals surface area contributed by atoms with Crippen LogP contribution in [0.25, 0.3) is 0 Å². The predicted octanol–water partition coefficient (Wildman–Crippen LogP) is 0.993. The number of para-hydroxylation sites is 1. The average molecular weight is 218 g/mol. The number of rotatable bonds is 2. The normalized spacial score (nSPS) is 30.6. The van der Waals surface area contributed by atoms with Gasteiger partial charge in [-0.1, -0.05) is 18.2 Å². The first kappa shape index (κ1) is 9.66. The molecule has 1 saturated heterocycles. The molecule has 84 valence electrons. The van der Waals surface area contributed by atoms with Gasteiger partial charge in [0.25, 0.3) is 0 Å². The SMILES string of the molecule is O=C(NC1C2CNCC21)Oc1ccccc1. The van der Waals surface area contributed by atoms with Crippen LogP contribution in [0.5, 0.6) is 5.75 Å². The molecule has 2 unspecified atom stereocenters. The summed E-state index contributed by atoms with van der Waals surface area (Å²) in [4.78, 5) is 11.5. The largest absolute Gasteiger partial charge is 0.412 e. The van der Waals surface area contributed by atoms with Crippen molar-refractivity contribution in [3.05, 3.63) is 30.3 Å². The number of nitrogens with one attached hydrogen (secondary N) is 2. The van der Waals surface area contributed by atoms with E-state index in [1.807, 2.05) is 18.2 Å². The maximum absolute atomic E-state index is 11.5. The van der Waals surface area contributed by atoms with Gasteiger partial charge in [0.15, 0.2) is 0 Å². The zero-order valence-electron chi connectivity index (χ0n) is 8.85. The molecule has 4 nitrogen and oxygen atoms in total. The van der Waals surface area contributed by atoms with Crippen molar-refractivity contribution in [3.63, 3.8) is 0 Å². The van der Waals surface area contributed by atoms with E-state index in [9.17, 15) is 4.79 Å². The Kier molecular flexibility index (Phi) is 2.29. The molecule has 1 aliphatic carbocycles. The third kappa shape index (κ3) is 1.76. The molecular formula is C12H14N2O2. The molecule has 0 spiro atoms. The lowest BCUT2D eigenvalue weighted by Crippen LogP contribution is -2.34. The molecule has 2 N–H and O–H groups in total. The summed E-state index contributed by atoms with van der Waals surface area (Å²) in [6.07, 6.45) is -0.342. The standard InChI is InChI=1S/C12H14N2O2/c15-12(16-8-4-2-1-3-5-8)14-11-9-6-13-7-10(9)11/h1-5,9-11,13H,6-7H2,(H,14,15). The Labute approximate surface area is 94.0 Å². The summed E-state index contributed by atoms with van der Waals surface area (Å²) in [7, 11) is 0. The molecule has 1 aromatic carbocycles. The number of amides is 1. The van der Waals surface area contributed by atoms with Gasteiger partial charge in [0.2, 0.25) is 0 Å². The van der Waals surface area contributed by atoms with Gasteiger partial charge >= 0.3 is 6.09 Å². The Morgan fingerprint density at radius 1 is 1.25 bits per heavy atom. The van der Waals surface area contributed by atoms with Crippen LogP contribution in [0, 0.1) is 11.8 Å². The van der Waals surface area contributed by atoms with Gasteiger partial charge in [-0.2, -0.15) is 0 Å². The lowest BCUT2D eigenvalue weighted by Gasteiger charge is -2.08. The molecule has 4 heteroatoms. The Hall–Kier alpha value is -1.55. The van der Waals surface area contributed by atoms with Crippen LogP contribution < -0.4 is 15.4 Å². The summed E-state index contributed by atoms with van der Waals surface area (Å²) >= 11 is 0. The second-order valence-corrected chi connectivity index (χ2v) is 4.36. The first-order valence-electron chi connectivity index (χ1n) is 5.59. The highest BCUT2D eigenvalue weighted by Crippen LogP contribution is 2.41. The van der Waals surface area contributed by atoms with Gasteiger partial charge < -0.3 is 15.4 Å². The molecule has 2 aliphatic rings. The van der Waals surface area contributed by atoms with E-state index >= 15 is 0 Å². The molecule has 2 atom stereocenters. The van der Waals surface area contributed by atoms with E-state index in [0.29, 0.717) is 23.6 Å². The van der Waals surface area contributed by atoms with Crippen LogP contribution in [0.2, 0.25) is 0 Å². The van der Waals surface area contributed by atoms with E-state index in [2.05, 4.69) is 10.6 Å². The lowest BCUT2D eigenvalue weighted by molar-refractivity contribution is 0.198. The third-order valence-corrected chi connectivity index (χ3v) is 3.33. The van der Waals surface area contributed by atoms with Crippen molar-refractivity contribution >= 4 is 6.09 Å². The molecule has 1 saturated carbocycles. The number of benzene rings is 1. The van der Waals surface area contributed by atoms with Crippen molar-refractivity contribution < 1.29 is 9.53 Å². The molecule has 1 aliphatic heterocycles. The van der Waals surface area contributed by atoms with Crippen molar-refractivity contribution in [1.29, 1.82) is 0 Å². The smallest absolute Gasteiger partial charge is 0.410 e. The third-order valence-electron chi connectivity index (χ3n) is 3.33. The molecule has 16 heavy (non-hydrogen) atoms. The molecule has 3 rings (SSSR count). The molecule has 1 aromatic rings. The summed E-state index contributed by atoms with van der Waals surface area (Å²) < 4.78 is 5.16. The van der Waals surface area contributed by atoms with Crippen LogP contribution in [0.3, 0.4) is 0 Å². The fraction of sp³-hybridized carbons (Fsp3) is 0.417. The minimum Gasteiger partial charge on any atom is -0.410 e. The average Bonchev–Trinajstić information content (AvgIpc) is 2.76. The number of carbonyl (C=O) groups is 1. The number of carbonyl (C=O) groups excluding carboxylic acids is 1. The van der Waals surface area contributed by atoms with Gasteiger partial charge in [-0.3, -0.25) is 0 Å². The zero-order chi connectivity index (χ0) is 11.0. The summed E-state index contributed by atoms with van der Waals surface area (Å²) in [6.45, 7) is 2.03. The van der Waals surface area contributed by atoms with Crippen LogP contribution >= 0.6 is 0 Å². The van der Waals surface area contributed by atoms with E-state index in [1.165, 1.54) is 0 Å². The number of piperidine rings is 1. The van der Waals surface area contributed by atoms with E-state index in [-0.39, 0.29) is 6.09 Å². The summed E-state index contributed by atoms with van der Waals surface area (Å²) in [6, 6.07) is 9.44. The van der Waals surface area contributed by atoms with Gasteiger partial charge in [0.1, 0.15) is 5.75 Å². The maximum atomic E-state index is 11.5. The predicted molar refractivity (Wildman–Crippen MR) is 59.2 cm³/mol. The highest BCUT2D eigenvalue weighted by molar-refractivity contribution is 5.71. The number of hydrogen-bond donors (Lipinski definition) is 2. The molecular weight excluding hydrogens is 204 g/mol. The molecule has 0 radical (unpaired) electrons. The van der Waals surface area contributed by atoms with Crippen LogP contribution in [-0.4, -0.2) is 25.2 Å². The monoisotopic (exact) mass is 218 g/mol. The van der Waals surface area contributed by atoms with Crippen molar-refractivity contribution in [2.45, 2.75) is 6.04 Å². The van der Waals surface area contributed by atoms with Gasteiger partial charge in [0, 0.05) is 19.1 Å². The second kappa shape index (κ2) is 3.79. The molecule has 2 fully saturated rings. The fourth-order valence-electron chi connectivity index (χ4n) is 2.39. The molecule has 0 bridgehead atoms. The van der Waals surface area contributed by atoms with Crippen molar-refractivity contribution in [1.82, 2.24) is 10.6 Å². The van der Waals surface area contributed by atoms with Gasteiger partial charge in [-0.05, 0) is 24.0 Å². The Morgan fingerprint density at radius 2 is 1.94 bits per heavy atom. The number of fused-ring (bicyclic) bond motifs is 1. The minimum atomic E-state index is -0.342. The lowest BCUT2D eigenvalue weighted by atomic mass is 10.3. The molecule has 1 amide bonds. The Balaban J connectivity index is 1.51. The van der Waals surface area contributed by atoms with Crippen LogP contribution in [0.15, 0.2) is 30.3 Å². The van der Waals surface area contributed by atoms with Crippen molar-refractivity contribution in [3.8, 4) is 5.75 Å². The number of ether oxygens (including phenoxy) is 1. The summed E-state index contributed by atoms with van der Waals surface area (Å²) in [5, 5.41) is 6.19. The highest BCUT2D eigenvalue weighted by atomic mass is 16.6. The molecule has 0 aromatic heterocycles. The highest BCUT2D eigenvalue weighted by Gasteiger charge is 2.53. The maximum Gasteiger partial charge on any atom is 0.412 e. The quantitative estimate of drug-likeness (QED) is 0.778. The van der Waals surface area contributed by atoms with Gasteiger partial charge in [-0.15, -0.1) is 0 Å². The van der Waals surface area contributed by atoms with E-state index in [0.717, 1.165) is 13.1 Å². The van der Waals surface area contributed by atoms with Crippen molar-refractivity contribution in [2.24, 2.45) is 11.8 Å². The zero-order valence-corrected chi connectivity index (χ0v) is 8.85. The Bertz CT molecular complexity index is 383. The van der Waals surface area contributed by atoms with Crippen LogP contribution in [-0.2, 0) is 0 Å². The molecule has 1 heterocycles. The fourth-order valence-corrected chi connectivity index (χ4v) is 2.39. The van der Waals surface area contributed by atoms with E-state index in [4.69, 9.17) is 4.74 Å². The van der Waals surface area contributed by atoms with Crippen LogP contribution in [0.4, 0.5) is 4.79 Å². The van der Waals surface area contributed by atoms with E-state index < -0.39 is 0 Å². The Morgan fingerprint density at radius 3 is 2.62 bits per heavy atom. The van der Waals surface area contributed by atoms with Crippen molar-refractivity contribution in [2.75, 3.05) is 13.1 Å². The topological polar surface area (TPSA) is 50.4 Å². The second-order valence-electron chi connectivity index (χ2n) is 4.36. The minimum absolute atomic E-state index is 0.317. The summed E-state index contributed by atoms with van der Waals surface area (Å²) in [5.74, 6) is 1.82.